The van der Waals surface area contributed by atoms with Crippen molar-refractivity contribution >= 4 is 23.2 Å². The molecule has 1 aliphatic rings. The molecule has 0 aromatic carbocycles. The largest absolute Gasteiger partial charge is 0.340 e. The van der Waals surface area contributed by atoms with E-state index in [1.807, 2.05) is 39.1 Å². The third kappa shape index (κ3) is 3.12. The highest BCUT2D eigenvalue weighted by Crippen LogP contribution is 2.25. The molecule has 0 aliphatic carbocycles. The Morgan fingerprint density at radius 3 is 2.67 bits per heavy atom. The lowest BCUT2D eigenvalue weighted by molar-refractivity contribution is -0.156. The fourth-order valence-corrected chi connectivity index (χ4v) is 3.51. The lowest BCUT2D eigenvalue weighted by Crippen LogP contribution is -2.70. The van der Waals surface area contributed by atoms with Crippen LogP contribution in [0.3, 0.4) is 0 Å². The average molecular weight is 308 g/mol. The van der Waals surface area contributed by atoms with Gasteiger partial charge in [0.2, 0.25) is 11.8 Å². The van der Waals surface area contributed by atoms with E-state index < -0.39 is 5.54 Å². The molecule has 116 valence electrons. The molecule has 2 unspecified atom stereocenters. The standard InChI is InChI=1S/C16H24N2O2S/c1-5-16(4)15(20)18(9-8-12-7-6-10-21-12)13(11(2)3)14(19)17-16/h6-7,10-11,13H,5,8-9H2,1-4H3,(H,17,19). The van der Waals surface area contributed by atoms with E-state index in [4.69, 9.17) is 0 Å². The number of nitrogens with zero attached hydrogens (tertiary/aromatic N) is 1. The second-order valence-corrected chi connectivity index (χ2v) is 7.22. The first-order valence-corrected chi connectivity index (χ1v) is 8.42. The van der Waals surface area contributed by atoms with Crippen LogP contribution in [0.25, 0.3) is 0 Å². The Morgan fingerprint density at radius 1 is 1.43 bits per heavy atom. The second kappa shape index (κ2) is 6.18. The molecule has 1 aromatic heterocycles. The predicted octanol–water partition coefficient (Wildman–Crippen LogP) is 2.44. The molecule has 2 rings (SSSR count). The lowest BCUT2D eigenvalue weighted by atomic mass is 9.88. The van der Waals surface area contributed by atoms with Crippen molar-refractivity contribution in [1.82, 2.24) is 10.2 Å². The number of rotatable bonds is 5. The minimum absolute atomic E-state index is 0.0277. The summed E-state index contributed by atoms with van der Waals surface area (Å²) in [6.07, 6.45) is 1.41. The molecule has 2 heterocycles. The van der Waals surface area contributed by atoms with Crippen LogP contribution in [0.1, 0.15) is 39.0 Å². The summed E-state index contributed by atoms with van der Waals surface area (Å²) in [5.41, 5.74) is -0.766. The van der Waals surface area contributed by atoms with E-state index in [9.17, 15) is 9.59 Å². The highest BCUT2D eigenvalue weighted by atomic mass is 32.1. The predicted molar refractivity (Wildman–Crippen MR) is 85.2 cm³/mol. The molecule has 1 saturated heterocycles. The van der Waals surface area contributed by atoms with Crippen LogP contribution in [-0.4, -0.2) is 34.8 Å². The zero-order valence-corrected chi connectivity index (χ0v) is 14.0. The van der Waals surface area contributed by atoms with Crippen LogP contribution < -0.4 is 5.32 Å². The second-order valence-electron chi connectivity index (χ2n) is 6.19. The van der Waals surface area contributed by atoms with Gasteiger partial charge in [0, 0.05) is 11.4 Å². The zero-order chi connectivity index (χ0) is 15.6. The van der Waals surface area contributed by atoms with Gasteiger partial charge in [-0.15, -0.1) is 11.3 Å². The molecule has 2 amide bonds. The molecule has 1 aromatic rings. The molecule has 0 spiro atoms. The molecule has 1 aliphatic heterocycles. The third-order valence-corrected chi connectivity index (χ3v) is 5.19. The summed E-state index contributed by atoms with van der Waals surface area (Å²) < 4.78 is 0. The highest BCUT2D eigenvalue weighted by molar-refractivity contribution is 7.09. The van der Waals surface area contributed by atoms with Gasteiger partial charge in [-0.05, 0) is 37.1 Å². The minimum atomic E-state index is -0.766. The molecule has 2 atom stereocenters. The number of hydrogen-bond acceptors (Lipinski definition) is 3. The van der Waals surface area contributed by atoms with Crippen LogP contribution in [0.2, 0.25) is 0 Å². The van der Waals surface area contributed by atoms with Crippen molar-refractivity contribution in [3.63, 3.8) is 0 Å². The van der Waals surface area contributed by atoms with Crippen molar-refractivity contribution < 1.29 is 9.59 Å². The van der Waals surface area contributed by atoms with Gasteiger partial charge in [-0.2, -0.15) is 0 Å². The van der Waals surface area contributed by atoms with Crippen molar-refractivity contribution in [2.75, 3.05) is 6.54 Å². The summed E-state index contributed by atoms with van der Waals surface area (Å²) in [5.74, 6) is 0.124. The van der Waals surface area contributed by atoms with Crippen LogP contribution in [-0.2, 0) is 16.0 Å². The lowest BCUT2D eigenvalue weighted by Gasteiger charge is -2.45. The maximum absolute atomic E-state index is 12.8. The van der Waals surface area contributed by atoms with Gasteiger partial charge < -0.3 is 10.2 Å². The highest BCUT2D eigenvalue weighted by Gasteiger charge is 2.47. The van der Waals surface area contributed by atoms with Crippen LogP contribution >= 0.6 is 11.3 Å². The maximum Gasteiger partial charge on any atom is 0.248 e. The average Bonchev–Trinajstić information content (AvgIpc) is 2.93. The van der Waals surface area contributed by atoms with E-state index in [-0.39, 0.29) is 23.8 Å². The van der Waals surface area contributed by atoms with Crippen molar-refractivity contribution in [3.8, 4) is 0 Å². The van der Waals surface area contributed by atoms with Crippen LogP contribution in [0.5, 0.6) is 0 Å². The monoisotopic (exact) mass is 308 g/mol. The Bertz CT molecular complexity index is 512. The molecule has 4 nitrogen and oxygen atoms in total. The number of hydrogen-bond donors (Lipinski definition) is 1. The Morgan fingerprint density at radius 2 is 2.14 bits per heavy atom. The molecule has 21 heavy (non-hydrogen) atoms. The molecular weight excluding hydrogens is 284 g/mol. The molecular formula is C16H24N2O2S. The summed E-state index contributed by atoms with van der Waals surface area (Å²) in [4.78, 5) is 28.3. The van der Waals surface area contributed by atoms with Crippen molar-refractivity contribution in [3.05, 3.63) is 22.4 Å². The summed E-state index contributed by atoms with van der Waals surface area (Å²) in [7, 11) is 0. The van der Waals surface area contributed by atoms with Crippen molar-refractivity contribution in [2.45, 2.75) is 52.1 Å². The van der Waals surface area contributed by atoms with E-state index in [1.165, 1.54) is 4.88 Å². The van der Waals surface area contributed by atoms with Gasteiger partial charge in [0.1, 0.15) is 11.6 Å². The Kier molecular flexibility index (Phi) is 4.71. The Balaban J connectivity index is 2.21. The quantitative estimate of drug-likeness (QED) is 0.908. The summed E-state index contributed by atoms with van der Waals surface area (Å²) >= 11 is 1.69. The minimum Gasteiger partial charge on any atom is -0.340 e. The number of carbonyl (C=O) groups excluding carboxylic acids is 2. The first-order valence-electron chi connectivity index (χ1n) is 7.54. The van der Waals surface area contributed by atoms with Gasteiger partial charge in [0.05, 0.1) is 0 Å². The first-order chi connectivity index (χ1) is 9.89. The Labute approximate surface area is 130 Å². The molecule has 5 heteroatoms. The van der Waals surface area contributed by atoms with Crippen LogP contribution in [0, 0.1) is 5.92 Å². The topological polar surface area (TPSA) is 49.4 Å². The van der Waals surface area contributed by atoms with Gasteiger partial charge >= 0.3 is 0 Å². The third-order valence-electron chi connectivity index (χ3n) is 4.25. The molecule has 0 bridgehead atoms. The molecule has 0 saturated carbocycles. The first kappa shape index (κ1) is 16.0. The SMILES string of the molecule is CCC1(C)NC(=O)C(C(C)C)N(CCc2cccs2)C1=O. The number of carbonyl (C=O) groups is 2. The summed E-state index contributed by atoms with van der Waals surface area (Å²) in [6.45, 7) is 8.34. The number of amides is 2. The Hall–Kier alpha value is -1.36. The molecule has 1 N–H and O–H groups in total. The number of nitrogens with one attached hydrogen (secondary N) is 1. The van der Waals surface area contributed by atoms with Crippen molar-refractivity contribution in [1.29, 1.82) is 0 Å². The maximum atomic E-state index is 12.8. The fourth-order valence-electron chi connectivity index (χ4n) is 2.81. The van der Waals surface area contributed by atoms with Gasteiger partial charge in [0.15, 0.2) is 0 Å². The molecule has 1 fully saturated rings. The summed E-state index contributed by atoms with van der Waals surface area (Å²) in [5, 5.41) is 4.96. The number of thiophene rings is 1. The van der Waals surface area contributed by atoms with Gasteiger partial charge in [0.25, 0.3) is 0 Å². The zero-order valence-electron chi connectivity index (χ0n) is 13.2. The fraction of sp³-hybridized carbons (Fsp3) is 0.625. The van der Waals surface area contributed by atoms with Gasteiger partial charge in [-0.3, -0.25) is 9.59 Å². The van der Waals surface area contributed by atoms with Gasteiger partial charge in [-0.25, -0.2) is 0 Å². The smallest absolute Gasteiger partial charge is 0.248 e. The van der Waals surface area contributed by atoms with E-state index in [2.05, 4.69) is 11.4 Å². The van der Waals surface area contributed by atoms with E-state index in [0.717, 1.165) is 6.42 Å². The van der Waals surface area contributed by atoms with Crippen LogP contribution in [0.4, 0.5) is 0 Å². The van der Waals surface area contributed by atoms with E-state index >= 15 is 0 Å². The van der Waals surface area contributed by atoms with E-state index in [0.29, 0.717) is 13.0 Å². The summed E-state index contributed by atoms with van der Waals surface area (Å²) in [6, 6.07) is 3.72. The van der Waals surface area contributed by atoms with Crippen molar-refractivity contribution in [2.24, 2.45) is 5.92 Å². The molecule has 0 radical (unpaired) electrons. The van der Waals surface area contributed by atoms with Gasteiger partial charge in [-0.1, -0.05) is 26.8 Å². The van der Waals surface area contributed by atoms with Crippen LogP contribution in [0.15, 0.2) is 17.5 Å². The normalized spacial score (nSPS) is 26.3. The van der Waals surface area contributed by atoms with E-state index in [1.54, 1.807) is 16.2 Å². The number of piperazine rings is 1.